The summed E-state index contributed by atoms with van der Waals surface area (Å²) in [6, 6.07) is 20.3. The van der Waals surface area contributed by atoms with Gasteiger partial charge in [0.15, 0.2) is 0 Å². The second kappa shape index (κ2) is 12.8. The Balaban J connectivity index is 0.00000171. The summed E-state index contributed by atoms with van der Waals surface area (Å²) >= 11 is 0. The van der Waals surface area contributed by atoms with Gasteiger partial charge in [-0.05, 0) is 48.8 Å². The first-order valence-electron chi connectivity index (χ1n) is 11.5. The molecular formula is C26H38Cl2N2O. The first-order valence-corrected chi connectivity index (χ1v) is 11.5. The summed E-state index contributed by atoms with van der Waals surface area (Å²) in [6.07, 6.45) is 8.57. The Labute approximate surface area is 200 Å². The van der Waals surface area contributed by atoms with Crippen LogP contribution >= 0.6 is 24.8 Å². The first kappa shape index (κ1) is 26.2. The van der Waals surface area contributed by atoms with E-state index in [1.165, 1.54) is 36.0 Å². The van der Waals surface area contributed by atoms with Crippen molar-refractivity contribution in [1.82, 2.24) is 10.2 Å². The smallest absolute Gasteiger partial charge is 0.0666 e. The highest BCUT2D eigenvalue weighted by Gasteiger charge is 2.35. The van der Waals surface area contributed by atoms with E-state index in [1.807, 2.05) is 0 Å². The van der Waals surface area contributed by atoms with Gasteiger partial charge in [-0.1, -0.05) is 73.9 Å². The third kappa shape index (κ3) is 7.47. The van der Waals surface area contributed by atoms with Gasteiger partial charge in [-0.25, -0.2) is 0 Å². The van der Waals surface area contributed by atoms with Crippen molar-refractivity contribution in [2.75, 3.05) is 26.2 Å². The average molecular weight is 466 g/mol. The second-order valence-corrected chi connectivity index (χ2v) is 9.02. The van der Waals surface area contributed by atoms with Gasteiger partial charge >= 0.3 is 0 Å². The lowest BCUT2D eigenvalue weighted by atomic mass is 9.78. The molecule has 2 fully saturated rings. The Morgan fingerprint density at radius 1 is 0.806 bits per heavy atom. The Bertz CT molecular complexity index is 742. The predicted octanol–water partition coefficient (Wildman–Crippen LogP) is 5.35. The van der Waals surface area contributed by atoms with E-state index in [0.717, 1.165) is 58.3 Å². The van der Waals surface area contributed by atoms with Crippen LogP contribution in [0.3, 0.4) is 0 Å². The van der Waals surface area contributed by atoms with Crippen molar-refractivity contribution in [1.29, 1.82) is 0 Å². The lowest BCUT2D eigenvalue weighted by molar-refractivity contribution is -0.0296. The third-order valence-electron chi connectivity index (χ3n) is 6.86. The third-order valence-corrected chi connectivity index (χ3v) is 6.86. The summed E-state index contributed by atoms with van der Waals surface area (Å²) in [4.78, 5) is 2.59. The number of rotatable bonds is 7. The number of piperazine rings is 1. The van der Waals surface area contributed by atoms with Crippen LogP contribution in [0.25, 0.3) is 0 Å². The van der Waals surface area contributed by atoms with Gasteiger partial charge < -0.3 is 10.4 Å². The zero-order valence-corrected chi connectivity index (χ0v) is 20.1. The molecule has 5 heteroatoms. The minimum absolute atomic E-state index is 0. The minimum Gasteiger partial charge on any atom is -0.390 e. The molecule has 4 rings (SSSR count). The number of hydrogen-bond donors (Lipinski definition) is 2. The minimum atomic E-state index is -0.486. The van der Waals surface area contributed by atoms with Crippen molar-refractivity contribution in [3.8, 4) is 0 Å². The molecule has 1 saturated heterocycles. The summed E-state index contributed by atoms with van der Waals surface area (Å²) in [5, 5.41) is 14.7. The molecule has 0 spiro atoms. The lowest BCUT2D eigenvalue weighted by Gasteiger charge is -2.41. The van der Waals surface area contributed by atoms with E-state index in [2.05, 4.69) is 64.8 Å². The molecule has 0 aromatic heterocycles. The van der Waals surface area contributed by atoms with Crippen LogP contribution in [-0.2, 0) is 12.8 Å². The summed E-state index contributed by atoms with van der Waals surface area (Å²) in [6.45, 7) is 4.22. The van der Waals surface area contributed by atoms with Crippen LogP contribution in [0.1, 0.15) is 61.3 Å². The highest BCUT2D eigenvalue weighted by atomic mass is 35.5. The Morgan fingerprint density at radius 2 is 1.39 bits per heavy atom. The van der Waals surface area contributed by atoms with Crippen molar-refractivity contribution in [2.24, 2.45) is 0 Å². The van der Waals surface area contributed by atoms with E-state index < -0.39 is 5.60 Å². The van der Waals surface area contributed by atoms with Crippen LogP contribution in [-0.4, -0.2) is 41.8 Å². The van der Waals surface area contributed by atoms with E-state index in [4.69, 9.17) is 0 Å². The molecule has 0 bridgehead atoms. The van der Waals surface area contributed by atoms with Crippen LogP contribution < -0.4 is 5.32 Å². The highest BCUT2D eigenvalue weighted by molar-refractivity contribution is 5.85. The number of benzene rings is 2. The number of aryl methyl sites for hydroxylation is 2. The number of halogens is 2. The van der Waals surface area contributed by atoms with Gasteiger partial charge in [0.1, 0.15) is 0 Å². The van der Waals surface area contributed by atoms with E-state index in [-0.39, 0.29) is 24.8 Å². The van der Waals surface area contributed by atoms with Crippen molar-refractivity contribution in [3.63, 3.8) is 0 Å². The predicted molar refractivity (Wildman–Crippen MR) is 135 cm³/mol. The summed E-state index contributed by atoms with van der Waals surface area (Å²) in [5.74, 6) is 0. The number of hydrogen-bond acceptors (Lipinski definition) is 3. The molecule has 3 nitrogen and oxygen atoms in total. The topological polar surface area (TPSA) is 35.5 Å². The maximum Gasteiger partial charge on any atom is 0.0666 e. The zero-order valence-electron chi connectivity index (χ0n) is 18.5. The number of aliphatic hydroxyl groups is 1. The zero-order chi connectivity index (χ0) is 19.9. The average Bonchev–Trinajstić information content (AvgIpc) is 2.78. The van der Waals surface area contributed by atoms with Gasteiger partial charge in [-0.2, -0.15) is 0 Å². The SMILES string of the molecule is Cl.Cl.OC1(CC(c2ccc(CCc3ccccc3)cc2)N2CCNCC2)CCCCC1. The quantitative estimate of drug-likeness (QED) is 0.579. The molecule has 1 heterocycles. The standard InChI is InChI=1S/C26H36N2O.2ClH/c29-26(15-5-2-6-16-26)21-25(28-19-17-27-18-20-28)24-13-11-23(12-14-24)10-9-22-7-3-1-4-8-22;;/h1,3-4,7-8,11-14,25,27,29H,2,5-6,9-10,15-21H2;2*1H. The number of nitrogens with one attached hydrogen (secondary N) is 1. The monoisotopic (exact) mass is 464 g/mol. The molecule has 1 atom stereocenters. The fraction of sp³-hybridized carbons (Fsp3) is 0.538. The van der Waals surface area contributed by atoms with E-state index in [9.17, 15) is 5.11 Å². The molecule has 172 valence electrons. The van der Waals surface area contributed by atoms with Crippen molar-refractivity contribution < 1.29 is 5.11 Å². The molecule has 1 saturated carbocycles. The Morgan fingerprint density at radius 3 is 2.00 bits per heavy atom. The van der Waals surface area contributed by atoms with Crippen LogP contribution in [0.5, 0.6) is 0 Å². The molecule has 2 aromatic rings. The molecule has 1 aliphatic heterocycles. The summed E-state index contributed by atoms with van der Waals surface area (Å²) < 4.78 is 0. The molecule has 1 aliphatic carbocycles. The maximum absolute atomic E-state index is 11.3. The Kier molecular flexibility index (Phi) is 10.8. The van der Waals surface area contributed by atoms with Gasteiger partial charge in [-0.15, -0.1) is 24.8 Å². The van der Waals surface area contributed by atoms with Crippen molar-refractivity contribution >= 4 is 24.8 Å². The molecule has 1 unspecified atom stereocenters. The van der Waals surface area contributed by atoms with Crippen molar-refractivity contribution in [2.45, 2.75) is 63.0 Å². The van der Waals surface area contributed by atoms with Gasteiger partial charge in [0.25, 0.3) is 0 Å². The molecule has 2 N–H and O–H groups in total. The maximum atomic E-state index is 11.3. The Hall–Kier alpha value is -1.10. The van der Waals surface area contributed by atoms with Crippen LogP contribution in [0.4, 0.5) is 0 Å². The van der Waals surface area contributed by atoms with Crippen LogP contribution in [0.15, 0.2) is 54.6 Å². The largest absolute Gasteiger partial charge is 0.390 e. The number of nitrogens with zero attached hydrogens (tertiary/aromatic N) is 1. The van der Waals surface area contributed by atoms with Gasteiger partial charge in [0, 0.05) is 32.2 Å². The highest BCUT2D eigenvalue weighted by Crippen LogP contribution is 2.38. The first-order chi connectivity index (χ1) is 14.2. The van der Waals surface area contributed by atoms with Gasteiger partial charge in [0.05, 0.1) is 5.60 Å². The van der Waals surface area contributed by atoms with Crippen molar-refractivity contribution in [3.05, 3.63) is 71.3 Å². The fourth-order valence-corrected chi connectivity index (χ4v) is 5.07. The molecule has 0 amide bonds. The fourth-order valence-electron chi connectivity index (χ4n) is 5.07. The molecule has 2 aromatic carbocycles. The van der Waals surface area contributed by atoms with E-state index in [0.29, 0.717) is 6.04 Å². The summed E-state index contributed by atoms with van der Waals surface area (Å²) in [5.41, 5.74) is 3.68. The van der Waals surface area contributed by atoms with E-state index >= 15 is 0 Å². The van der Waals surface area contributed by atoms with Gasteiger partial charge in [-0.3, -0.25) is 4.90 Å². The normalized spacial score (nSPS) is 19.6. The summed E-state index contributed by atoms with van der Waals surface area (Å²) in [7, 11) is 0. The second-order valence-electron chi connectivity index (χ2n) is 9.02. The molecule has 2 aliphatic rings. The molecule has 0 radical (unpaired) electrons. The van der Waals surface area contributed by atoms with Gasteiger partial charge in [0.2, 0.25) is 0 Å². The van der Waals surface area contributed by atoms with Crippen LogP contribution in [0, 0.1) is 0 Å². The van der Waals surface area contributed by atoms with E-state index in [1.54, 1.807) is 0 Å². The lowest BCUT2D eigenvalue weighted by Crippen LogP contribution is -2.47. The van der Waals surface area contributed by atoms with Crippen LogP contribution in [0.2, 0.25) is 0 Å². The molecule has 31 heavy (non-hydrogen) atoms. The molecular weight excluding hydrogens is 427 g/mol.